The van der Waals surface area contributed by atoms with Crippen LogP contribution >= 0.6 is 0 Å². The van der Waals surface area contributed by atoms with Gasteiger partial charge in [-0.15, -0.1) is 0 Å². The molecular formula is C10H15NO. The Bertz CT molecular complexity index is 236. The van der Waals surface area contributed by atoms with E-state index in [4.69, 9.17) is 0 Å². The summed E-state index contributed by atoms with van der Waals surface area (Å²) in [5.41, 5.74) is 1.69. The number of hydrogen-bond acceptors (Lipinski definition) is 1. The minimum atomic E-state index is -0.0689. The fourth-order valence-electron chi connectivity index (χ4n) is 0.774. The summed E-state index contributed by atoms with van der Waals surface area (Å²) in [6.45, 7) is 8.98. The van der Waals surface area contributed by atoms with Crippen LogP contribution in [0.3, 0.4) is 0 Å². The van der Waals surface area contributed by atoms with Crippen LogP contribution in [0.4, 0.5) is 0 Å². The van der Waals surface area contributed by atoms with Crippen molar-refractivity contribution in [1.29, 1.82) is 0 Å². The molecule has 12 heavy (non-hydrogen) atoms. The Kier molecular flexibility index (Phi) is 4.77. The van der Waals surface area contributed by atoms with Crippen LogP contribution in [-0.2, 0) is 4.79 Å². The van der Waals surface area contributed by atoms with Gasteiger partial charge in [-0.25, -0.2) is 0 Å². The van der Waals surface area contributed by atoms with Gasteiger partial charge in [0.2, 0.25) is 5.91 Å². The summed E-state index contributed by atoms with van der Waals surface area (Å²) < 4.78 is 0. The highest BCUT2D eigenvalue weighted by Gasteiger charge is 1.93. The summed E-state index contributed by atoms with van der Waals surface area (Å²) >= 11 is 0. The van der Waals surface area contributed by atoms with Gasteiger partial charge in [-0.1, -0.05) is 18.2 Å². The van der Waals surface area contributed by atoms with Crippen molar-refractivity contribution in [2.45, 2.75) is 20.8 Å². The summed E-state index contributed by atoms with van der Waals surface area (Å²) in [6.07, 6.45) is 5.52. The lowest BCUT2D eigenvalue weighted by atomic mass is 10.2. The second-order valence-corrected chi connectivity index (χ2v) is 2.63. The van der Waals surface area contributed by atoms with Crippen LogP contribution < -0.4 is 5.32 Å². The zero-order valence-electron chi connectivity index (χ0n) is 7.85. The SMILES string of the molecule is C=C(C)/C=C(\C=C/C)NC(C)=O. The van der Waals surface area contributed by atoms with E-state index in [1.165, 1.54) is 6.92 Å². The molecule has 0 bridgehead atoms. The highest BCUT2D eigenvalue weighted by atomic mass is 16.1. The van der Waals surface area contributed by atoms with Crippen molar-refractivity contribution in [3.05, 3.63) is 36.1 Å². The predicted molar refractivity (Wildman–Crippen MR) is 51.5 cm³/mol. The first-order valence-corrected chi connectivity index (χ1v) is 3.83. The van der Waals surface area contributed by atoms with Crippen molar-refractivity contribution in [3.63, 3.8) is 0 Å². The highest BCUT2D eigenvalue weighted by molar-refractivity contribution is 5.75. The van der Waals surface area contributed by atoms with Crippen molar-refractivity contribution >= 4 is 5.91 Å². The molecule has 0 heterocycles. The normalized spacial score (nSPS) is 11.8. The zero-order valence-corrected chi connectivity index (χ0v) is 7.85. The first-order chi connectivity index (χ1) is 5.56. The van der Waals surface area contributed by atoms with E-state index in [1.807, 2.05) is 32.1 Å². The number of allylic oxidation sites excluding steroid dienone is 4. The smallest absolute Gasteiger partial charge is 0.221 e. The predicted octanol–water partition coefficient (Wildman–Crippen LogP) is 2.16. The molecule has 0 unspecified atom stereocenters. The van der Waals surface area contributed by atoms with Crippen molar-refractivity contribution in [1.82, 2.24) is 5.32 Å². The third kappa shape index (κ3) is 5.47. The zero-order chi connectivity index (χ0) is 9.56. The van der Waals surface area contributed by atoms with Gasteiger partial charge in [0.1, 0.15) is 0 Å². The van der Waals surface area contributed by atoms with E-state index in [2.05, 4.69) is 11.9 Å². The number of hydrogen-bond donors (Lipinski definition) is 1. The molecule has 0 aromatic carbocycles. The first kappa shape index (κ1) is 10.7. The monoisotopic (exact) mass is 165 g/mol. The lowest BCUT2D eigenvalue weighted by Gasteiger charge is -2.01. The molecule has 0 saturated carbocycles. The molecule has 0 aliphatic heterocycles. The van der Waals surface area contributed by atoms with Gasteiger partial charge in [-0.3, -0.25) is 4.79 Å². The molecule has 0 aromatic rings. The molecule has 1 N–H and O–H groups in total. The average molecular weight is 165 g/mol. The Balaban J connectivity index is 4.43. The van der Waals surface area contributed by atoms with E-state index < -0.39 is 0 Å². The Labute approximate surface area is 73.7 Å². The molecule has 0 rings (SSSR count). The summed E-state index contributed by atoms with van der Waals surface area (Å²) in [5.74, 6) is -0.0689. The minimum absolute atomic E-state index is 0.0689. The minimum Gasteiger partial charge on any atom is -0.326 e. The summed E-state index contributed by atoms with van der Waals surface area (Å²) in [5, 5.41) is 2.69. The van der Waals surface area contributed by atoms with Crippen LogP contribution in [0.1, 0.15) is 20.8 Å². The molecule has 1 amide bonds. The number of rotatable bonds is 3. The lowest BCUT2D eigenvalue weighted by Crippen LogP contribution is -2.17. The Hall–Kier alpha value is -1.31. The van der Waals surface area contributed by atoms with Gasteiger partial charge in [0.05, 0.1) is 0 Å². The molecule has 0 atom stereocenters. The van der Waals surface area contributed by atoms with Gasteiger partial charge in [0.25, 0.3) is 0 Å². The maximum absolute atomic E-state index is 10.7. The van der Waals surface area contributed by atoms with Crippen LogP contribution in [0.15, 0.2) is 36.1 Å². The Morgan fingerprint density at radius 3 is 2.33 bits per heavy atom. The third-order valence-electron chi connectivity index (χ3n) is 1.07. The molecule has 0 saturated heterocycles. The van der Waals surface area contributed by atoms with Gasteiger partial charge >= 0.3 is 0 Å². The molecule has 0 aliphatic carbocycles. The average Bonchev–Trinajstić information content (AvgIpc) is 1.84. The van der Waals surface area contributed by atoms with Crippen LogP contribution in [0.5, 0.6) is 0 Å². The standard InChI is InChI=1S/C10H15NO/c1-5-6-10(7-8(2)3)11-9(4)12/h5-7H,2H2,1,3-4H3,(H,11,12)/b6-5-,10-7+. The molecule has 2 heteroatoms. The molecule has 66 valence electrons. The van der Waals surface area contributed by atoms with Crippen LogP contribution in [0.25, 0.3) is 0 Å². The van der Waals surface area contributed by atoms with E-state index in [-0.39, 0.29) is 5.91 Å². The lowest BCUT2D eigenvalue weighted by molar-refractivity contribution is -0.118. The topological polar surface area (TPSA) is 29.1 Å². The summed E-state index contributed by atoms with van der Waals surface area (Å²) in [4.78, 5) is 10.7. The Morgan fingerprint density at radius 1 is 1.42 bits per heavy atom. The molecule has 0 aromatic heterocycles. The van der Waals surface area contributed by atoms with Crippen LogP contribution in [0, 0.1) is 0 Å². The maximum atomic E-state index is 10.7. The van der Waals surface area contributed by atoms with E-state index in [1.54, 1.807) is 0 Å². The Morgan fingerprint density at radius 2 is 2.00 bits per heavy atom. The second-order valence-electron chi connectivity index (χ2n) is 2.63. The third-order valence-corrected chi connectivity index (χ3v) is 1.07. The summed E-state index contributed by atoms with van der Waals surface area (Å²) in [6, 6.07) is 0. The second kappa shape index (κ2) is 5.35. The molecule has 0 spiro atoms. The van der Waals surface area contributed by atoms with Crippen molar-refractivity contribution in [3.8, 4) is 0 Å². The number of amides is 1. The van der Waals surface area contributed by atoms with Gasteiger partial charge in [-0.2, -0.15) is 0 Å². The summed E-state index contributed by atoms with van der Waals surface area (Å²) in [7, 11) is 0. The van der Waals surface area contributed by atoms with E-state index >= 15 is 0 Å². The van der Waals surface area contributed by atoms with Crippen molar-refractivity contribution < 1.29 is 4.79 Å². The fourth-order valence-corrected chi connectivity index (χ4v) is 0.774. The molecule has 0 radical (unpaired) electrons. The fraction of sp³-hybridized carbons (Fsp3) is 0.300. The number of nitrogens with one attached hydrogen (secondary N) is 1. The van der Waals surface area contributed by atoms with Crippen molar-refractivity contribution in [2.75, 3.05) is 0 Å². The molecule has 0 fully saturated rings. The van der Waals surface area contributed by atoms with E-state index in [0.29, 0.717) is 0 Å². The van der Waals surface area contributed by atoms with E-state index in [9.17, 15) is 4.79 Å². The van der Waals surface area contributed by atoms with Crippen LogP contribution in [0.2, 0.25) is 0 Å². The van der Waals surface area contributed by atoms with Gasteiger partial charge in [-0.05, 0) is 26.0 Å². The molecule has 2 nitrogen and oxygen atoms in total. The number of carbonyl (C=O) groups excluding carboxylic acids is 1. The van der Waals surface area contributed by atoms with Gasteiger partial charge in [0.15, 0.2) is 0 Å². The first-order valence-electron chi connectivity index (χ1n) is 3.83. The highest BCUT2D eigenvalue weighted by Crippen LogP contribution is 1.98. The molecular weight excluding hydrogens is 150 g/mol. The van der Waals surface area contributed by atoms with Gasteiger partial charge in [0, 0.05) is 12.6 Å². The number of carbonyl (C=O) groups is 1. The maximum Gasteiger partial charge on any atom is 0.221 e. The molecule has 0 aliphatic rings. The van der Waals surface area contributed by atoms with Crippen molar-refractivity contribution in [2.24, 2.45) is 0 Å². The largest absolute Gasteiger partial charge is 0.326 e. The quantitative estimate of drug-likeness (QED) is 0.638. The van der Waals surface area contributed by atoms with Gasteiger partial charge < -0.3 is 5.32 Å². The van der Waals surface area contributed by atoms with Crippen LogP contribution in [-0.4, -0.2) is 5.91 Å². The van der Waals surface area contributed by atoms with E-state index in [0.717, 1.165) is 11.3 Å².